The first-order chi connectivity index (χ1) is 11.6. The highest BCUT2D eigenvalue weighted by Gasteiger charge is 2.20. The number of hydrogen-bond donors (Lipinski definition) is 1. The van der Waals surface area contributed by atoms with Gasteiger partial charge in [-0.25, -0.2) is 8.42 Å². The number of hydrazine groups is 1. The van der Waals surface area contributed by atoms with Gasteiger partial charge in [0.05, 0.1) is 16.3 Å². The van der Waals surface area contributed by atoms with E-state index in [1.54, 1.807) is 29.3 Å². The molecule has 0 bridgehead atoms. The van der Waals surface area contributed by atoms with E-state index in [0.29, 0.717) is 0 Å². The van der Waals surface area contributed by atoms with Crippen molar-refractivity contribution in [3.8, 4) is 0 Å². The second-order valence-electron chi connectivity index (χ2n) is 5.06. The Kier molecular flexibility index (Phi) is 4.99. The van der Waals surface area contributed by atoms with E-state index in [0.717, 1.165) is 15.8 Å². The third-order valence-corrected chi connectivity index (χ3v) is 5.21. The van der Waals surface area contributed by atoms with Gasteiger partial charge in [-0.05, 0) is 48.5 Å². The molecule has 0 atom stereocenters. The Morgan fingerprint density at radius 3 is 1.62 bits per heavy atom. The molecule has 1 N–H and O–H groups in total. The van der Waals surface area contributed by atoms with Gasteiger partial charge in [-0.2, -0.15) is 0 Å². The van der Waals surface area contributed by atoms with Gasteiger partial charge in [-0.1, -0.05) is 52.3 Å². The summed E-state index contributed by atoms with van der Waals surface area (Å²) in [4.78, 5) is 2.85. The normalized spacial score (nSPS) is 11.2. The van der Waals surface area contributed by atoms with Crippen molar-refractivity contribution in [1.29, 1.82) is 0 Å². The molecule has 0 unspecified atom stereocenters. The van der Waals surface area contributed by atoms with E-state index < -0.39 is 10.0 Å². The van der Waals surface area contributed by atoms with Crippen molar-refractivity contribution < 1.29 is 8.42 Å². The molecule has 0 aromatic heterocycles. The van der Waals surface area contributed by atoms with Crippen LogP contribution >= 0.6 is 15.9 Å². The molecular formula is C18H15BrN2O2S. The predicted octanol–water partition coefficient (Wildman–Crippen LogP) is 4.48. The Morgan fingerprint density at radius 2 is 1.17 bits per heavy atom. The zero-order valence-corrected chi connectivity index (χ0v) is 15.0. The van der Waals surface area contributed by atoms with Gasteiger partial charge in [0.1, 0.15) is 0 Å². The van der Waals surface area contributed by atoms with Crippen molar-refractivity contribution in [1.82, 2.24) is 4.83 Å². The standard InChI is InChI=1S/C18H15BrN2O2S/c19-15-11-13-18(14-12-15)24(22,23)20-21(16-7-3-1-4-8-16)17-9-5-2-6-10-17/h1-14,20H. The van der Waals surface area contributed by atoms with E-state index in [1.165, 1.54) is 0 Å². The first-order valence-electron chi connectivity index (χ1n) is 7.24. The molecule has 0 amide bonds. The zero-order valence-electron chi connectivity index (χ0n) is 12.6. The predicted molar refractivity (Wildman–Crippen MR) is 99.5 cm³/mol. The van der Waals surface area contributed by atoms with Gasteiger partial charge in [0.25, 0.3) is 10.0 Å². The van der Waals surface area contributed by atoms with E-state index in [2.05, 4.69) is 20.8 Å². The van der Waals surface area contributed by atoms with Gasteiger partial charge in [0.2, 0.25) is 0 Å². The van der Waals surface area contributed by atoms with Crippen LogP contribution in [0.3, 0.4) is 0 Å². The topological polar surface area (TPSA) is 49.4 Å². The highest BCUT2D eigenvalue weighted by molar-refractivity contribution is 9.10. The SMILES string of the molecule is O=S(=O)(NN(c1ccccc1)c1ccccc1)c1ccc(Br)cc1. The molecule has 3 aromatic rings. The second-order valence-corrected chi connectivity index (χ2v) is 7.63. The highest BCUT2D eigenvalue weighted by Crippen LogP contribution is 2.24. The minimum atomic E-state index is -3.72. The van der Waals surface area contributed by atoms with Crippen LogP contribution in [0.1, 0.15) is 0 Å². The summed E-state index contributed by atoms with van der Waals surface area (Å²) in [5.74, 6) is 0. The number of rotatable bonds is 5. The lowest BCUT2D eigenvalue weighted by atomic mass is 10.2. The molecule has 4 nitrogen and oxygen atoms in total. The van der Waals surface area contributed by atoms with Crippen molar-refractivity contribution in [3.63, 3.8) is 0 Å². The van der Waals surface area contributed by atoms with Crippen LogP contribution in [0.15, 0.2) is 94.3 Å². The lowest BCUT2D eigenvalue weighted by molar-refractivity contribution is 0.582. The van der Waals surface area contributed by atoms with E-state index in [1.807, 2.05) is 60.7 Å². The summed E-state index contributed by atoms with van der Waals surface area (Å²) < 4.78 is 26.3. The third-order valence-electron chi connectivity index (χ3n) is 3.36. The van der Waals surface area contributed by atoms with Crippen LogP contribution in [-0.2, 0) is 10.0 Å². The number of anilines is 2. The number of hydrogen-bond acceptors (Lipinski definition) is 3. The fourth-order valence-electron chi connectivity index (χ4n) is 2.20. The molecule has 0 spiro atoms. The summed E-state index contributed by atoms with van der Waals surface area (Å²) in [6, 6.07) is 25.1. The molecule has 0 aliphatic heterocycles. The number of para-hydroxylation sites is 2. The second kappa shape index (κ2) is 7.17. The van der Waals surface area contributed by atoms with E-state index in [9.17, 15) is 8.42 Å². The number of nitrogens with one attached hydrogen (secondary N) is 1. The Labute approximate surface area is 149 Å². The first-order valence-corrected chi connectivity index (χ1v) is 9.52. The summed E-state index contributed by atoms with van der Waals surface area (Å²) in [5.41, 5.74) is 1.45. The Bertz CT molecular complexity index is 859. The highest BCUT2D eigenvalue weighted by atomic mass is 79.9. The van der Waals surface area contributed by atoms with Crippen LogP contribution in [0.5, 0.6) is 0 Å². The maximum atomic E-state index is 12.7. The minimum Gasteiger partial charge on any atom is -0.263 e. The molecule has 0 aliphatic rings. The van der Waals surface area contributed by atoms with Gasteiger partial charge in [-0.3, -0.25) is 5.01 Å². The fraction of sp³-hybridized carbons (Fsp3) is 0. The molecule has 0 saturated carbocycles. The average Bonchev–Trinajstić information content (AvgIpc) is 2.62. The lowest BCUT2D eigenvalue weighted by Crippen LogP contribution is -2.38. The quantitative estimate of drug-likeness (QED) is 0.639. The van der Waals surface area contributed by atoms with Crippen LogP contribution in [0, 0.1) is 0 Å². The van der Waals surface area contributed by atoms with Crippen LogP contribution in [0.25, 0.3) is 0 Å². The first kappa shape index (κ1) is 16.7. The van der Waals surface area contributed by atoms with Gasteiger partial charge < -0.3 is 0 Å². The van der Waals surface area contributed by atoms with Gasteiger partial charge >= 0.3 is 0 Å². The summed E-state index contributed by atoms with van der Waals surface area (Å²) in [6.07, 6.45) is 0. The smallest absolute Gasteiger partial charge is 0.257 e. The maximum absolute atomic E-state index is 12.7. The number of nitrogens with zero attached hydrogens (tertiary/aromatic N) is 1. The van der Waals surface area contributed by atoms with Crippen molar-refractivity contribution in [3.05, 3.63) is 89.4 Å². The van der Waals surface area contributed by atoms with Gasteiger partial charge in [-0.15, -0.1) is 4.83 Å². The molecule has 3 aromatic carbocycles. The minimum absolute atomic E-state index is 0.197. The van der Waals surface area contributed by atoms with Crippen LogP contribution in [0.4, 0.5) is 11.4 Å². The summed E-state index contributed by atoms with van der Waals surface area (Å²) in [5, 5.41) is 1.55. The summed E-state index contributed by atoms with van der Waals surface area (Å²) in [6.45, 7) is 0. The van der Waals surface area contributed by atoms with E-state index in [4.69, 9.17) is 0 Å². The monoisotopic (exact) mass is 402 g/mol. The Morgan fingerprint density at radius 1 is 0.708 bits per heavy atom. The van der Waals surface area contributed by atoms with Crippen molar-refractivity contribution in [2.24, 2.45) is 0 Å². The van der Waals surface area contributed by atoms with Crippen molar-refractivity contribution >= 4 is 37.3 Å². The fourth-order valence-corrected chi connectivity index (χ4v) is 3.51. The summed E-state index contributed by atoms with van der Waals surface area (Å²) in [7, 11) is -3.72. The van der Waals surface area contributed by atoms with E-state index >= 15 is 0 Å². The molecule has 0 saturated heterocycles. The molecule has 6 heteroatoms. The maximum Gasteiger partial charge on any atom is 0.257 e. The van der Waals surface area contributed by atoms with Gasteiger partial charge in [0.15, 0.2) is 0 Å². The number of benzene rings is 3. The van der Waals surface area contributed by atoms with Crippen LogP contribution in [-0.4, -0.2) is 8.42 Å². The Balaban J connectivity index is 1.99. The van der Waals surface area contributed by atoms with Crippen LogP contribution in [0.2, 0.25) is 0 Å². The average molecular weight is 403 g/mol. The molecule has 24 heavy (non-hydrogen) atoms. The molecule has 0 radical (unpaired) electrons. The van der Waals surface area contributed by atoms with Crippen molar-refractivity contribution in [2.75, 3.05) is 5.01 Å². The van der Waals surface area contributed by atoms with E-state index in [-0.39, 0.29) is 4.90 Å². The van der Waals surface area contributed by atoms with Crippen LogP contribution < -0.4 is 9.84 Å². The largest absolute Gasteiger partial charge is 0.263 e. The summed E-state index contributed by atoms with van der Waals surface area (Å²) >= 11 is 3.31. The lowest BCUT2D eigenvalue weighted by Gasteiger charge is -2.25. The number of halogens is 1. The molecule has 0 aliphatic carbocycles. The molecule has 0 heterocycles. The zero-order chi connectivity index (χ0) is 17.0. The third kappa shape index (κ3) is 3.84. The molecule has 0 fully saturated rings. The Hall–Kier alpha value is -2.15. The molecule has 122 valence electrons. The molecular weight excluding hydrogens is 388 g/mol. The number of sulfonamides is 1. The molecule has 3 rings (SSSR count). The van der Waals surface area contributed by atoms with Gasteiger partial charge in [0, 0.05) is 4.47 Å². The van der Waals surface area contributed by atoms with Crippen molar-refractivity contribution in [2.45, 2.75) is 4.90 Å².